The first-order valence-electron chi connectivity index (χ1n) is 5.37. The van der Waals surface area contributed by atoms with Crippen LogP contribution in [0.3, 0.4) is 0 Å². The van der Waals surface area contributed by atoms with Crippen molar-refractivity contribution >= 4 is 15.9 Å². The molecule has 0 aromatic rings. The second kappa shape index (κ2) is 5.76. The Morgan fingerprint density at radius 3 is 2.53 bits per heavy atom. The minimum atomic E-state index is -3.19. The number of carbonyl (C=O) groups is 1. The molecule has 1 fully saturated rings. The smallest absolute Gasteiger partial charge is 0.246 e. The highest BCUT2D eigenvalue weighted by Gasteiger charge is 2.32. The van der Waals surface area contributed by atoms with Gasteiger partial charge in [-0.05, 0) is 6.92 Å². The van der Waals surface area contributed by atoms with Crippen LogP contribution in [0, 0.1) is 0 Å². The summed E-state index contributed by atoms with van der Waals surface area (Å²) in [7, 11) is -3.19. The van der Waals surface area contributed by atoms with Crippen LogP contribution in [0.15, 0.2) is 0 Å². The highest BCUT2D eigenvalue weighted by molar-refractivity contribution is 7.88. The van der Waals surface area contributed by atoms with Crippen molar-refractivity contribution in [2.45, 2.75) is 12.5 Å². The molecule has 1 heterocycles. The molecule has 0 spiro atoms. The Kier molecular flexibility index (Phi) is 4.87. The normalized spacial score (nSPS) is 18.5. The highest BCUT2D eigenvalue weighted by Crippen LogP contribution is 2.14. The topological polar surface area (TPSA) is 96.5 Å². The van der Waals surface area contributed by atoms with Crippen molar-refractivity contribution in [1.82, 2.24) is 15.4 Å². The first-order chi connectivity index (χ1) is 7.81. The Morgan fingerprint density at radius 1 is 1.41 bits per heavy atom. The van der Waals surface area contributed by atoms with Gasteiger partial charge < -0.3 is 15.4 Å². The molecule has 0 radical (unpaired) electrons. The van der Waals surface area contributed by atoms with Gasteiger partial charge >= 0.3 is 0 Å². The fraction of sp³-hybridized carbons (Fsp3) is 0.889. The second-order valence-electron chi connectivity index (χ2n) is 4.36. The van der Waals surface area contributed by atoms with E-state index >= 15 is 0 Å². The predicted molar refractivity (Wildman–Crippen MR) is 63.1 cm³/mol. The number of amides is 1. The number of hydrogen-bond acceptors (Lipinski definition) is 5. The molecular weight excluding hydrogens is 246 g/mol. The molecule has 0 unspecified atom stereocenters. The van der Waals surface area contributed by atoms with E-state index in [1.165, 1.54) is 0 Å². The van der Waals surface area contributed by atoms with E-state index in [2.05, 4.69) is 15.4 Å². The summed E-state index contributed by atoms with van der Waals surface area (Å²) in [4.78, 5) is 11.3. The fourth-order valence-electron chi connectivity index (χ4n) is 1.31. The molecule has 7 nitrogen and oxygen atoms in total. The van der Waals surface area contributed by atoms with E-state index in [0.29, 0.717) is 0 Å². The summed E-state index contributed by atoms with van der Waals surface area (Å²) in [6.07, 6.45) is 1.07. The molecule has 1 amide bonds. The van der Waals surface area contributed by atoms with Crippen LogP contribution in [-0.4, -0.2) is 59.0 Å². The minimum absolute atomic E-state index is 0.00292. The van der Waals surface area contributed by atoms with Gasteiger partial charge in [0.05, 0.1) is 11.9 Å². The summed E-state index contributed by atoms with van der Waals surface area (Å²) in [6.45, 7) is 3.86. The third-order valence-electron chi connectivity index (χ3n) is 2.36. The standard InChI is InChI=1S/C9H19N3O4S/c1-9(6-10-7-9)16-5-8(13)11-3-4-12-17(2,14)15/h10,12H,3-7H2,1-2H3,(H,11,13). The van der Waals surface area contributed by atoms with Crippen LogP contribution in [0.5, 0.6) is 0 Å². The zero-order valence-electron chi connectivity index (χ0n) is 10.1. The van der Waals surface area contributed by atoms with Gasteiger partial charge in [-0.2, -0.15) is 0 Å². The van der Waals surface area contributed by atoms with E-state index in [1.807, 2.05) is 6.92 Å². The molecule has 17 heavy (non-hydrogen) atoms. The van der Waals surface area contributed by atoms with Crippen LogP contribution in [0.25, 0.3) is 0 Å². The Bertz CT molecular complexity index is 364. The second-order valence-corrected chi connectivity index (χ2v) is 6.19. The molecule has 0 aliphatic carbocycles. The summed E-state index contributed by atoms with van der Waals surface area (Å²) >= 11 is 0. The summed E-state index contributed by atoms with van der Waals surface area (Å²) in [5.74, 6) is -0.242. The first kappa shape index (κ1) is 14.4. The van der Waals surface area contributed by atoms with E-state index in [4.69, 9.17) is 4.74 Å². The third kappa shape index (κ3) is 5.97. The molecule has 1 rings (SSSR count). The molecule has 0 atom stereocenters. The number of ether oxygens (including phenoxy) is 1. The third-order valence-corrected chi connectivity index (χ3v) is 3.09. The van der Waals surface area contributed by atoms with Crippen molar-refractivity contribution in [3.8, 4) is 0 Å². The van der Waals surface area contributed by atoms with E-state index in [9.17, 15) is 13.2 Å². The van der Waals surface area contributed by atoms with Crippen LogP contribution in [0.2, 0.25) is 0 Å². The van der Waals surface area contributed by atoms with Crippen LogP contribution in [0.4, 0.5) is 0 Å². The maximum absolute atomic E-state index is 11.3. The van der Waals surface area contributed by atoms with Gasteiger partial charge in [0, 0.05) is 26.2 Å². The van der Waals surface area contributed by atoms with Gasteiger partial charge in [-0.1, -0.05) is 0 Å². The lowest BCUT2D eigenvalue weighted by Gasteiger charge is -2.38. The van der Waals surface area contributed by atoms with E-state index < -0.39 is 10.0 Å². The quantitative estimate of drug-likeness (QED) is 0.464. The minimum Gasteiger partial charge on any atom is -0.363 e. The first-order valence-corrected chi connectivity index (χ1v) is 7.26. The van der Waals surface area contributed by atoms with Crippen LogP contribution in [0.1, 0.15) is 6.92 Å². The SMILES string of the molecule is CC1(OCC(=O)NCCNS(C)(=O)=O)CNC1. The van der Waals surface area contributed by atoms with Gasteiger partial charge in [0.2, 0.25) is 15.9 Å². The largest absolute Gasteiger partial charge is 0.363 e. The lowest BCUT2D eigenvalue weighted by molar-refractivity contribution is -0.135. The van der Waals surface area contributed by atoms with E-state index in [1.54, 1.807) is 0 Å². The van der Waals surface area contributed by atoms with Crippen molar-refractivity contribution in [3.05, 3.63) is 0 Å². The number of nitrogens with one attached hydrogen (secondary N) is 3. The van der Waals surface area contributed by atoms with Gasteiger partial charge in [0.1, 0.15) is 6.61 Å². The molecule has 0 aromatic carbocycles. The number of sulfonamides is 1. The Labute approximate surface area is 101 Å². The molecule has 0 bridgehead atoms. The van der Waals surface area contributed by atoms with Crippen LogP contribution >= 0.6 is 0 Å². The fourth-order valence-corrected chi connectivity index (χ4v) is 1.78. The number of hydrogen-bond donors (Lipinski definition) is 3. The zero-order chi connectivity index (χ0) is 12.9. The summed E-state index contributed by atoms with van der Waals surface area (Å²) in [5.41, 5.74) is -0.248. The lowest BCUT2D eigenvalue weighted by Crippen LogP contribution is -2.59. The van der Waals surface area contributed by atoms with Crippen molar-refractivity contribution in [2.24, 2.45) is 0 Å². The number of carbonyl (C=O) groups excluding carboxylic acids is 1. The molecule has 1 aliphatic heterocycles. The van der Waals surface area contributed by atoms with E-state index in [-0.39, 0.29) is 31.2 Å². The molecule has 0 saturated carbocycles. The van der Waals surface area contributed by atoms with Crippen molar-refractivity contribution in [2.75, 3.05) is 39.0 Å². The molecule has 100 valence electrons. The maximum Gasteiger partial charge on any atom is 0.246 e. The molecule has 1 aliphatic rings. The zero-order valence-corrected chi connectivity index (χ0v) is 10.9. The Morgan fingerprint density at radius 2 is 2.06 bits per heavy atom. The average molecular weight is 265 g/mol. The summed E-state index contributed by atoms with van der Waals surface area (Å²) in [6, 6.07) is 0. The molecule has 0 aromatic heterocycles. The lowest BCUT2D eigenvalue weighted by atomic mass is 10.0. The van der Waals surface area contributed by atoms with Crippen molar-refractivity contribution in [3.63, 3.8) is 0 Å². The monoisotopic (exact) mass is 265 g/mol. The Balaban J connectivity index is 2.05. The van der Waals surface area contributed by atoms with Gasteiger partial charge in [-0.15, -0.1) is 0 Å². The highest BCUT2D eigenvalue weighted by atomic mass is 32.2. The molecule has 1 saturated heterocycles. The maximum atomic E-state index is 11.3. The van der Waals surface area contributed by atoms with Gasteiger partial charge in [-0.3, -0.25) is 4.79 Å². The Hall–Kier alpha value is -0.700. The van der Waals surface area contributed by atoms with Crippen molar-refractivity contribution in [1.29, 1.82) is 0 Å². The van der Waals surface area contributed by atoms with E-state index in [0.717, 1.165) is 19.3 Å². The molecular formula is C9H19N3O4S. The summed E-state index contributed by atoms with van der Waals surface area (Å²) in [5, 5.41) is 5.63. The van der Waals surface area contributed by atoms with Gasteiger partial charge in [0.25, 0.3) is 0 Å². The van der Waals surface area contributed by atoms with Gasteiger partial charge in [0.15, 0.2) is 0 Å². The van der Waals surface area contributed by atoms with Crippen LogP contribution < -0.4 is 15.4 Å². The predicted octanol–water partition coefficient (Wildman–Crippen LogP) is -1.97. The average Bonchev–Trinajstić information content (AvgIpc) is 2.17. The van der Waals surface area contributed by atoms with Gasteiger partial charge in [-0.25, -0.2) is 13.1 Å². The molecule has 3 N–H and O–H groups in total. The van der Waals surface area contributed by atoms with Crippen molar-refractivity contribution < 1.29 is 17.9 Å². The number of rotatable bonds is 7. The summed E-state index contributed by atoms with van der Waals surface area (Å²) < 4.78 is 29.1. The van der Waals surface area contributed by atoms with Crippen LogP contribution in [-0.2, 0) is 19.6 Å². The molecule has 8 heteroatoms.